The molecule has 0 amide bonds. The van der Waals surface area contributed by atoms with Gasteiger partial charge in [0.1, 0.15) is 0 Å². The van der Waals surface area contributed by atoms with Gasteiger partial charge < -0.3 is 9.88 Å². The predicted octanol–water partition coefficient (Wildman–Crippen LogP) is 2.65. The molecule has 1 aromatic carbocycles. The van der Waals surface area contributed by atoms with Crippen molar-refractivity contribution in [3.8, 4) is 6.07 Å². The molecule has 3 nitrogen and oxygen atoms in total. The lowest BCUT2D eigenvalue weighted by Crippen LogP contribution is -2.47. The highest BCUT2D eigenvalue weighted by atomic mass is 15.1. The molecule has 1 aliphatic heterocycles. The van der Waals surface area contributed by atoms with Crippen LogP contribution >= 0.6 is 0 Å². The molecule has 19 heavy (non-hydrogen) atoms. The van der Waals surface area contributed by atoms with Gasteiger partial charge >= 0.3 is 0 Å². The Morgan fingerprint density at radius 1 is 1.42 bits per heavy atom. The second-order valence-corrected chi connectivity index (χ2v) is 5.96. The van der Waals surface area contributed by atoms with Crippen LogP contribution in [0.1, 0.15) is 23.5 Å². The van der Waals surface area contributed by atoms with E-state index in [0.717, 1.165) is 19.4 Å². The predicted molar refractivity (Wildman–Crippen MR) is 74.9 cm³/mol. The van der Waals surface area contributed by atoms with Crippen LogP contribution < -0.4 is 0 Å². The van der Waals surface area contributed by atoms with Gasteiger partial charge in [-0.3, -0.25) is 0 Å². The smallest absolute Gasteiger partial charge is 0.0669 e. The number of benzene rings is 1. The van der Waals surface area contributed by atoms with Crippen molar-refractivity contribution in [1.29, 1.82) is 5.26 Å². The average molecular weight is 251 g/mol. The topological polar surface area (TPSA) is 42.8 Å². The summed E-state index contributed by atoms with van der Waals surface area (Å²) in [5.74, 6) is 0.678. The molecule has 3 heteroatoms. The van der Waals surface area contributed by atoms with Gasteiger partial charge in [0.15, 0.2) is 0 Å². The third-order valence-electron chi connectivity index (χ3n) is 4.91. The summed E-state index contributed by atoms with van der Waals surface area (Å²) in [6.45, 7) is 0.910. The number of nitrogens with zero attached hydrogens (tertiary/aromatic N) is 2. The molecule has 2 aliphatic rings. The van der Waals surface area contributed by atoms with Gasteiger partial charge in [0, 0.05) is 35.6 Å². The highest BCUT2D eigenvalue weighted by Gasteiger charge is 2.39. The third-order valence-corrected chi connectivity index (χ3v) is 4.91. The Labute approximate surface area is 112 Å². The van der Waals surface area contributed by atoms with E-state index in [1.165, 1.54) is 22.0 Å². The Balaban J connectivity index is 1.89. The van der Waals surface area contributed by atoms with Crippen molar-refractivity contribution in [3.05, 3.63) is 35.5 Å². The van der Waals surface area contributed by atoms with E-state index >= 15 is 0 Å². The first-order valence-electron chi connectivity index (χ1n) is 6.96. The van der Waals surface area contributed by atoms with Crippen LogP contribution in [0.3, 0.4) is 0 Å². The molecule has 4 rings (SSSR count). The molecule has 1 N–H and O–H groups in total. The lowest BCUT2D eigenvalue weighted by Gasteiger charge is -2.44. The van der Waals surface area contributed by atoms with Gasteiger partial charge in [-0.25, -0.2) is 0 Å². The molecule has 2 heterocycles. The molecule has 0 unspecified atom stereocenters. The molecule has 1 fully saturated rings. The highest BCUT2D eigenvalue weighted by Crippen LogP contribution is 2.43. The summed E-state index contributed by atoms with van der Waals surface area (Å²) in [6.07, 6.45) is 4.28. The van der Waals surface area contributed by atoms with Crippen molar-refractivity contribution in [2.75, 3.05) is 13.6 Å². The van der Waals surface area contributed by atoms with Crippen molar-refractivity contribution in [2.45, 2.75) is 24.8 Å². The average Bonchev–Trinajstić information content (AvgIpc) is 2.85. The van der Waals surface area contributed by atoms with Crippen molar-refractivity contribution >= 4 is 10.9 Å². The van der Waals surface area contributed by atoms with Gasteiger partial charge in [0.05, 0.1) is 12.0 Å². The molecule has 96 valence electrons. The van der Waals surface area contributed by atoms with E-state index < -0.39 is 0 Å². The van der Waals surface area contributed by atoms with E-state index in [1.54, 1.807) is 0 Å². The normalized spacial score (nSPS) is 30.0. The zero-order chi connectivity index (χ0) is 13.0. The van der Waals surface area contributed by atoms with Crippen LogP contribution in [0.5, 0.6) is 0 Å². The Kier molecular flexibility index (Phi) is 2.24. The molecule has 1 saturated heterocycles. The minimum atomic E-state index is 0.169. The summed E-state index contributed by atoms with van der Waals surface area (Å²) in [5, 5.41) is 10.7. The first kappa shape index (κ1) is 11.1. The van der Waals surface area contributed by atoms with Crippen molar-refractivity contribution < 1.29 is 0 Å². The van der Waals surface area contributed by atoms with E-state index in [-0.39, 0.29) is 5.92 Å². The van der Waals surface area contributed by atoms with Crippen molar-refractivity contribution in [2.24, 2.45) is 5.92 Å². The van der Waals surface area contributed by atoms with E-state index in [9.17, 15) is 5.26 Å². The lowest BCUT2D eigenvalue weighted by atomic mass is 9.73. The van der Waals surface area contributed by atoms with Crippen LogP contribution in [0.4, 0.5) is 0 Å². The van der Waals surface area contributed by atoms with E-state index in [1.807, 2.05) is 0 Å². The quantitative estimate of drug-likeness (QED) is 0.782. The first-order chi connectivity index (χ1) is 9.28. The van der Waals surface area contributed by atoms with Gasteiger partial charge in [-0.15, -0.1) is 0 Å². The second kappa shape index (κ2) is 3.85. The fraction of sp³-hybridized carbons (Fsp3) is 0.438. The SMILES string of the molecule is CN1C[C@H](C#N)C[C@@H]2c3cccc4[nH]cc(c34)C[C@H]21. The third kappa shape index (κ3) is 1.47. The zero-order valence-corrected chi connectivity index (χ0v) is 11.1. The molecule has 1 aliphatic carbocycles. The van der Waals surface area contributed by atoms with E-state index in [2.05, 4.69) is 47.4 Å². The number of likely N-dealkylation sites (N-methyl/N-ethyl adjacent to an activating group) is 1. The summed E-state index contributed by atoms with van der Waals surface area (Å²) in [7, 11) is 2.17. The van der Waals surface area contributed by atoms with Crippen LogP contribution in [0.25, 0.3) is 10.9 Å². The summed E-state index contributed by atoms with van der Waals surface area (Å²) >= 11 is 0. The summed E-state index contributed by atoms with van der Waals surface area (Å²) in [5.41, 5.74) is 4.12. The molecule has 3 atom stereocenters. The van der Waals surface area contributed by atoms with Gasteiger partial charge in [-0.05, 0) is 37.1 Å². The molecule has 0 bridgehead atoms. The van der Waals surface area contributed by atoms with Crippen LogP contribution in [0.15, 0.2) is 24.4 Å². The minimum absolute atomic E-state index is 0.169. The van der Waals surface area contributed by atoms with Gasteiger partial charge in [0.25, 0.3) is 0 Å². The molecule has 0 saturated carbocycles. The number of aromatic nitrogens is 1. The number of rotatable bonds is 0. The Bertz CT molecular complexity index is 679. The molecular formula is C16H17N3. The number of hydrogen-bond acceptors (Lipinski definition) is 2. The van der Waals surface area contributed by atoms with Crippen LogP contribution in [-0.4, -0.2) is 29.5 Å². The number of hydrogen-bond donors (Lipinski definition) is 1. The molecule has 0 spiro atoms. The molecule has 0 radical (unpaired) electrons. The van der Waals surface area contributed by atoms with E-state index in [4.69, 9.17) is 0 Å². The fourth-order valence-corrected chi connectivity index (χ4v) is 4.04. The van der Waals surface area contributed by atoms with Gasteiger partial charge in [0.2, 0.25) is 0 Å². The first-order valence-corrected chi connectivity index (χ1v) is 6.96. The van der Waals surface area contributed by atoms with Gasteiger partial charge in [-0.1, -0.05) is 12.1 Å². The summed E-state index contributed by atoms with van der Waals surface area (Å²) in [6, 6.07) is 9.56. The number of nitriles is 1. The van der Waals surface area contributed by atoms with Crippen LogP contribution in [-0.2, 0) is 6.42 Å². The molecule has 1 aromatic heterocycles. The number of nitrogens with one attached hydrogen (secondary N) is 1. The lowest BCUT2D eigenvalue weighted by molar-refractivity contribution is 0.132. The highest BCUT2D eigenvalue weighted by molar-refractivity contribution is 5.88. The standard InChI is InChI=1S/C16H17N3/c1-19-9-10(7-17)5-13-12-3-2-4-14-16(12)11(8-18-14)6-15(13)19/h2-4,8,10,13,15,18H,5-6,9H2,1H3/t10-,13+,15+/m0/s1. The van der Waals surface area contributed by atoms with Crippen LogP contribution in [0.2, 0.25) is 0 Å². The maximum atomic E-state index is 9.27. The maximum Gasteiger partial charge on any atom is 0.0669 e. The number of aromatic amines is 1. The number of fused-ring (bicyclic) bond motifs is 2. The summed E-state index contributed by atoms with van der Waals surface area (Å²) in [4.78, 5) is 5.77. The Morgan fingerprint density at radius 2 is 2.32 bits per heavy atom. The van der Waals surface area contributed by atoms with Crippen molar-refractivity contribution in [1.82, 2.24) is 9.88 Å². The van der Waals surface area contributed by atoms with Gasteiger partial charge in [-0.2, -0.15) is 5.26 Å². The number of piperidine rings is 1. The Morgan fingerprint density at radius 3 is 3.16 bits per heavy atom. The number of likely N-dealkylation sites (tertiary alicyclic amines) is 1. The monoisotopic (exact) mass is 251 g/mol. The zero-order valence-electron chi connectivity index (χ0n) is 11.1. The van der Waals surface area contributed by atoms with E-state index in [0.29, 0.717) is 12.0 Å². The fourth-order valence-electron chi connectivity index (χ4n) is 4.04. The number of H-pyrrole nitrogens is 1. The van der Waals surface area contributed by atoms with Crippen LogP contribution in [0, 0.1) is 17.2 Å². The maximum absolute atomic E-state index is 9.27. The second-order valence-electron chi connectivity index (χ2n) is 5.96. The summed E-state index contributed by atoms with van der Waals surface area (Å²) < 4.78 is 0. The largest absolute Gasteiger partial charge is 0.361 e. The molecule has 2 aromatic rings. The minimum Gasteiger partial charge on any atom is -0.361 e. The molecular weight excluding hydrogens is 234 g/mol. The Hall–Kier alpha value is -1.79. The van der Waals surface area contributed by atoms with Crippen molar-refractivity contribution in [3.63, 3.8) is 0 Å².